The summed E-state index contributed by atoms with van der Waals surface area (Å²) in [6, 6.07) is 12.2. The first-order chi connectivity index (χ1) is 19.8. The minimum atomic E-state index is -0.865. The first-order valence-electron chi connectivity index (χ1n) is 13.3. The lowest BCUT2D eigenvalue weighted by molar-refractivity contribution is -0.117. The van der Waals surface area contributed by atoms with Crippen molar-refractivity contribution >= 4 is 52.6 Å². The number of nitrogens with two attached hydrogens (primary N) is 1. The molecule has 2 aromatic carbocycles. The van der Waals surface area contributed by atoms with Crippen LogP contribution in [0.4, 0.5) is 33.6 Å². The Morgan fingerprint density at radius 2 is 1.64 bits per heavy atom. The number of nitrogens with zero attached hydrogens (tertiary/aromatic N) is 2. The molecule has 1 atom stereocenters. The Kier molecular flexibility index (Phi) is 10.4. The molecule has 0 radical (unpaired) electrons. The molecule has 0 aliphatic carbocycles. The van der Waals surface area contributed by atoms with Crippen molar-refractivity contribution in [3.8, 4) is 0 Å². The van der Waals surface area contributed by atoms with Crippen LogP contribution in [0.1, 0.15) is 61.8 Å². The van der Waals surface area contributed by atoms with Gasteiger partial charge in [-0.1, -0.05) is 13.0 Å². The predicted octanol–water partition coefficient (Wildman–Crippen LogP) is 4.25. The Hall–Kier alpha value is -5.20. The van der Waals surface area contributed by atoms with Crippen LogP contribution in [0.15, 0.2) is 54.7 Å². The smallest absolute Gasteiger partial charge is 0.408 e. The quantitative estimate of drug-likeness (QED) is 0.194. The van der Waals surface area contributed by atoms with Crippen molar-refractivity contribution in [3.05, 3.63) is 65.9 Å². The zero-order valence-electron chi connectivity index (χ0n) is 24.2. The number of nitrogens with one attached hydrogen (secondary N) is 5. The van der Waals surface area contributed by atoms with E-state index in [-0.39, 0.29) is 11.5 Å². The lowest BCUT2D eigenvalue weighted by Gasteiger charge is -2.21. The van der Waals surface area contributed by atoms with Gasteiger partial charge in [0.15, 0.2) is 0 Å². The first-order valence-corrected chi connectivity index (χ1v) is 13.3. The number of alkyl carbamates (subject to hydrolysis) is 1. The van der Waals surface area contributed by atoms with Crippen molar-refractivity contribution < 1.29 is 23.9 Å². The number of carbonyl (C=O) groups is 4. The Bertz CT molecular complexity index is 1440. The highest BCUT2D eigenvalue weighted by atomic mass is 16.6. The van der Waals surface area contributed by atoms with Gasteiger partial charge in [0.2, 0.25) is 17.8 Å². The molecule has 13 nitrogen and oxygen atoms in total. The summed E-state index contributed by atoms with van der Waals surface area (Å²) in [5.74, 6) is -0.884. The van der Waals surface area contributed by atoms with Crippen LogP contribution in [-0.2, 0) is 9.53 Å². The minimum Gasteiger partial charge on any atom is -0.444 e. The Morgan fingerprint density at radius 1 is 0.976 bits per heavy atom. The molecule has 0 fully saturated rings. The number of aromatic nitrogens is 2. The number of hydrogen-bond acceptors (Lipinski definition) is 9. The second-order valence-electron chi connectivity index (χ2n) is 10.3. The SMILES string of the molecule is CCCNc1nc(Nc2ccc(C(N)=O)cc2)ncc1C(=O)Nc1cccc(NC(=O)[C@H](C)NC(=O)OC(C)(C)C)c1. The topological polar surface area (TPSA) is 189 Å². The number of ether oxygens (including phenoxy) is 1. The van der Waals surface area contributed by atoms with Gasteiger partial charge in [-0.2, -0.15) is 4.98 Å². The van der Waals surface area contributed by atoms with E-state index in [1.807, 2.05) is 6.92 Å². The van der Waals surface area contributed by atoms with Crippen molar-refractivity contribution in [1.82, 2.24) is 15.3 Å². The zero-order valence-corrected chi connectivity index (χ0v) is 24.2. The van der Waals surface area contributed by atoms with Gasteiger partial charge < -0.3 is 37.1 Å². The molecule has 0 bridgehead atoms. The normalized spacial score (nSPS) is 11.5. The Labute approximate surface area is 244 Å². The molecule has 0 unspecified atom stereocenters. The van der Waals surface area contributed by atoms with E-state index < -0.39 is 35.5 Å². The highest BCUT2D eigenvalue weighted by Gasteiger charge is 2.21. The van der Waals surface area contributed by atoms with Crippen LogP contribution < -0.4 is 32.3 Å². The van der Waals surface area contributed by atoms with Crippen LogP contribution in [0, 0.1) is 0 Å². The molecular weight excluding hydrogens is 540 g/mol. The fourth-order valence-electron chi connectivity index (χ4n) is 3.51. The van der Waals surface area contributed by atoms with Crippen LogP contribution in [0.5, 0.6) is 0 Å². The van der Waals surface area contributed by atoms with Gasteiger partial charge in [-0.3, -0.25) is 14.4 Å². The highest BCUT2D eigenvalue weighted by Crippen LogP contribution is 2.21. The molecule has 0 aliphatic rings. The number of benzene rings is 2. The van der Waals surface area contributed by atoms with Crippen LogP contribution in [0.2, 0.25) is 0 Å². The molecule has 1 heterocycles. The molecule has 222 valence electrons. The Morgan fingerprint density at radius 3 is 2.26 bits per heavy atom. The van der Waals surface area contributed by atoms with Crippen molar-refractivity contribution in [2.45, 2.75) is 52.7 Å². The van der Waals surface area contributed by atoms with Crippen LogP contribution >= 0.6 is 0 Å². The van der Waals surface area contributed by atoms with Crippen LogP contribution in [-0.4, -0.2) is 52.0 Å². The third-order valence-electron chi connectivity index (χ3n) is 5.52. The van der Waals surface area contributed by atoms with E-state index in [0.29, 0.717) is 35.0 Å². The van der Waals surface area contributed by atoms with Gasteiger partial charge in [-0.15, -0.1) is 0 Å². The largest absolute Gasteiger partial charge is 0.444 e. The molecule has 1 aromatic heterocycles. The van der Waals surface area contributed by atoms with Gasteiger partial charge in [-0.25, -0.2) is 9.78 Å². The summed E-state index contributed by atoms with van der Waals surface area (Å²) in [5.41, 5.74) is 6.64. The third-order valence-corrected chi connectivity index (χ3v) is 5.52. The molecule has 7 N–H and O–H groups in total. The highest BCUT2D eigenvalue weighted by molar-refractivity contribution is 6.07. The maximum atomic E-state index is 13.2. The summed E-state index contributed by atoms with van der Waals surface area (Å²) in [6.07, 6.45) is 1.49. The van der Waals surface area contributed by atoms with E-state index in [9.17, 15) is 19.2 Å². The molecule has 13 heteroatoms. The van der Waals surface area contributed by atoms with Crippen molar-refractivity contribution in [2.75, 3.05) is 27.8 Å². The van der Waals surface area contributed by atoms with E-state index in [2.05, 4.69) is 36.6 Å². The molecule has 3 aromatic rings. The summed E-state index contributed by atoms with van der Waals surface area (Å²) >= 11 is 0. The number of primary amides is 1. The average molecular weight is 577 g/mol. The summed E-state index contributed by atoms with van der Waals surface area (Å²) in [4.78, 5) is 57.8. The monoisotopic (exact) mass is 576 g/mol. The number of rotatable bonds is 11. The van der Waals surface area contributed by atoms with E-state index in [0.717, 1.165) is 6.42 Å². The second-order valence-corrected chi connectivity index (χ2v) is 10.3. The fraction of sp³-hybridized carbons (Fsp3) is 0.310. The molecule has 4 amide bonds. The molecule has 0 saturated heterocycles. The Balaban J connectivity index is 1.69. The van der Waals surface area contributed by atoms with Crippen LogP contribution in [0.25, 0.3) is 0 Å². The maximum absolute atomic E-state index is 13.2. The second kappa shape index (κ2) is 13.9. The summed E-state index contributed by atoms with van der Waals surface area (Å²) in [6.45, 7) is 9.27. The molecule has 0 spiro atoms. The van der Waals surface area contributed by atoms with Gasteiger partial charge in [0.25, 0.3) is 5.91 Å². The molecule has 42 heavy (non-hydrogen) atoms. The lowest BCUT2D eigenvalue weighted by Crippen LogP contribution is -2.43. The summed E-state index contributed by atoms with van der Waals surface area (Å²) < 4.78 is 5.18. The molecular formula is C29H36N8O5. The van der Waals surface area contributed by atoms with E-state index in [1.165, 1.54) is 13.1 Å². The van der Waals surface area contributed by atoms with Gasteiger partial charge in [0.1, 0.15) is 23.0 Å². The maximum Gasteiger partial charge on any atom is 0.408 e. The number of carbonyl (C=O) groups excluding carboxylic acids is 4. The third kappa shape index (κ3) is 9.47. The fourth-order valence-corrected chi connectivity index (χ4v) is 3.51. The van der Waals surface area contributed by atoms with Gasteiger partial charge in [-0.05, 0) is 76.6 Å². The zero-order chi connectivity index (χ0) is 30.9. The minimum absolute atomic E-state index is 0.211. The summed E-state index contributed by atoms with van der Waals surface area (Å²) in [5, 5.41) is 14.2. The van der Waals surface area contributed by atoms with Crippen molar-refractivity contribution in [2.24, 2.45) is 5.73 Å². The molecule has 0 aliphatic heterocycles. The van der Waals surface area contributed by atoms with E-state index >= 15 is 0 Å². The lowest BCUT2D eigenvalue weighted by atomic mass is 10.2. The van der Waals surface area contributed by atoms with Crippen molar-refractivity contribution in [3.63, 3.8) is 0 Å². The predicted molar refractivity (Wildman–Crippen MR) is 161 cm³/mol. The standard InChI is InChI=1S/C29H36N8O5/c1-6-14-31-24-22(16-32-27(37-24)36-19-12-10-18(11-13-19)23(30)38)26(40)35-21-9-7-8-20(15-21)34-25(39)17(2)33-28(41)42-29(3,4)5/h7-13,15-17H,6,14H2,1-5H3,(H2,30,38)(H,33,41)(H,34,39)(H,35,40)(H2,31,32,36,37)/t17-/m0/s1. The number of amides is 4. The summed E-state index contributed by atoms with van der Waals surface area (Å²) in [7, 11) is 0. The van der Waals surface area contributed by atoms with E-state index in [4.69, 9.17) is 10.5 Å². The van der Waals surface area contributed by atoms with E-state index in [1.54, 1.807) is 69.3 Å². The van der Waals surface area contributed by atoms with Crippen molar-refractivity contribution in [1.29, 1.82) is 0 Å². The molecule has 0 saturated carbocycles. The van der Waals surface area contributed by atoms with Gasteiger partial charge >= 0.3 is 6.09 Å². The van der Waals surface area contributed by atoms with Gasteiger partial charge in [0, 0.05) is 35.4 Å². The average Bonchev–Trinajstić information content (AvgIpc) is 2.91. The van der Waals surface area contributed by atoms with Crippen LogP contribution in [0.3, 0.4) is 0 Å². The van der Waals surface area contributed by atoms with Gasteiger partial charge in [0.05, 0.1) is 0 Å². The molecule has 3 rings (SSSR count). The number of hydrogen-bond donors (Lipinski definition) is 6. The first kappa shape index (κ1) is 31.3. The number of anilines is 5.